The Hall–Kier alpha value is -1.55. The van der Waals surface area contributed by atoms with E-state index in [-0.39, 0.29) is 5.91 Å². The number of carbonyl (C=O) groups excluding carboxylic acids is 1. The van der Waals surface area contributed by atoms with Crippen LogP contribution in [-0.4, -0.2) is 38.1 Å². The lowest BCUT2D eigenvalue weighted by molar-refractivity contribution is -0.117. The first-order chi connectivity index (χ1) is 9.58. The average Bonchev–Trinajstić information content (AvgIpc) is 2.41. The lowest BCUT2D eigenvalue weighted by Crippen LogP contribution is -2.31. The third-order valence-electron chi connectivity index (χ3n) is 3.94. The topological polar surface area (TPSA) is 41.6 Å². The summed E-state index contributed by atoms with van der Waals surface area (Å²) in [6.45, 7) is 4.18. The van der Waals surface area contributed by atoms with Gasteiger partial charge >= 0.3 is 0 Å². The summed E-state index contributed by atoms with van der Waals surface area (Å²) in [7, 11) is 3.76. The van der Waals surface area contributed by atoms with E-state index >= 15 is 0 Å². The molecule has 1 fully saturated rings. The van der Waals surface area contributed by atoms with Gasteiger partial charge in [0.15, 0.2) is 0 Å². The van der Waals surface area contributed by atoms with E-state index in [0.29, 0.717) is 18.1 Å². The van der Waals surface area contributed by atoms with Crippen molar-refractivity contribution >= 4 is 11.6 Å². The predicted molar refractivity (Wildman–Crippen MR) is 81.2 cm³/mol. The minimum atomic E-state index is 0.0865. The molecule has 0 aromatic heterocycles. The molecular formula is C16H24N2O2. The van der Waals surface area contributed by atoms with Gasteiger partial charge < -0.3 is 15.0 Å². The lowest BCUT2D eigenvalue weighted by Gasteiger charge is -2.28. The van der Waals surface area contributed by atoms with E-state index in [4.69, 9.17) is 4.74 Å². The van der Waals surface area contributed by atoms with E-state index in [0.717, 1.165) is 37.2 Å². The highest BCUT2D eigenvalue weighted by molar-refractivity contribution is 5.92. The Bertz CT molecular complexity index is 466. The van der Waals surface area contributed by atoms with Crippen LogP contribution < -0.4 is 10.1 Å². The van der Waals surface area contributed by atoms with Crippen LogP contribution in [0.5, 0.6) is 5.75 Å². The molecule has 1 aliphatic rings. The fraction of sp³-hybridized carbons (Fsp3) is 0.562. The van der Waals surface area contributed by atoms with Crippen molar-refractivity contribution in [2.24, 2.45) is 5.92 Å². The first-order valence-corrected chi connectivity index (χ1v) is 7.21. The normalized spacial score (nSPS) is 16.9. The van der Waals surface area contributed by atoms with Gasteiger partial charge in [0, 0.05) is 6.42 Å². The molecule has 2 rings (SSSR count). The number of nitrogens with one attached hydrogen (secondary N) is 1. The SMILES string of the molecule is COc1ccc(C)cc1NC(=O)CC1CCN(C)CC1. The summed E-state index contributed by atoms with van der Waals surface area (Å²) in [5.41, 5.74) is 1.88. The number of carbonyl (C=O) groups is 1. The molecule has 0 radical (unpaired) electrons. The summed E-state index contributed by atoms with van der Waals surface area (Å²) in [5, 5.41) is 2.98. The molecule has 0 atom stereocenters. The number of anilines is 1. The maximum atomic E-state index is 12.2. The standard InChI is InChI=1S/C16H24N2O2/c1-12-4-5-15(20-3)14(10-12)17-16(19)11-13-6-8-18(2)9-7-13/h4-5,10,13H,6-9,11H2,1-3H3,(H,17,19). The Kier molecular flexibility index (Phi) is 5.01. The zero-order valence-electron chi connectivity index (χ0n) is 12.6. The van der Waals surface area contributed by atoms with Crippen LogP contribution in [0.4, 0.5) is 5.69 Å². The van der Waals surface area contributed by atoms with E-state index in [1.54, 1.807) is 7.11 Å². The maximum Gasteiger partial charge on any atom is 0.224 e. The Labute approximate surface area is 121 Å². The Morgan fingerprint density at radius 3 is 2.75 bits per heavy atom. The molecule has 1 aromatic carbocycles. The molecule has 0 aliphatic carbocycles. The highest BCUT2D eigenvalue weighted by atomic mass is 16.5. The minimum absolute atomic E-state index is 0.0865. The molecule has 1 heterocycles. The van der Waals surface area contributed by atoms with Crippen molar-refractivity contribution in [3.05, 3.63) is 23.8 Å². The minimum Gasteiger partial charge on any atom is -0.495 e. The largest absolute Gasteiger partial charge is 0.495 e. The van der Waals surface area contributed by atoms with Crippen molar-refractivity contribution in [1.29, 1.82) is 0 Å². The molecule has 4 nitrogen and oxygen atoms in total. The monoisotopic (exact) mass is 276 g/mol. The summed E-state index contributed by atoms with van der Waals surface area (Å²) in [4.78, 5) is 14.5. The van der Waals surface area contributed by atoms with Crippen molar-refractivity contribution < 1.29 is 9.53 Å². The van der Waals surface area contributed by atoms with Crippen LogP contribution in [0, 0.1) is 12.8 Å². The van der Waals surface area contributed by atoms with Crippen molar-refractivity contribution in [3.8, 4) is 5.75 Å². The van der Waals surface area contributed by atoms with Gasteiger partial charge in [-0.05, 0) is 63.5 Å². The van der Waals surface area contributed by atoms with E-state index in [2.05, 4.69) is 17.3 Å². The van der Waals surface area contributed by atoms with E-state index in [9.17, 15) is 4.79 Å². The zero-order valence-corrected chi connectivity index (χ0v) is 12.6. The van der Waals surface area contributed by atoms with Crippen LogP contribution in [0.3, 0.4) is 0 Å². The molecule has 0 bridgehead atoms. The number of piperidine rings is 1. The molecule has 1 amide bonds. The molecule has 4 heteroatoms. The van der Waals surface area contributed by atoms with E-state index in [1.165, 1.54) is 0 Å². The second kappa shape index (κ2) is 6.75. The third kappa shape index (κ3) is 3.97. The summed E-state index contributed by atoms with van der Waals surface area (Å²) in [6.07, 6.45) is 2.81. The van der Waals surface area contributed by atoms with Gasteiger partial charge in [-0.3, -0.25) is 4.79 Å². The predicted octanol–water partition coefficient (Wildman–Crippen LogP) is 2.67. The van der Waals surface area contributed by atoms with Gasteiger partial charge in [-0.25, -0.2) is 0 Å². The number of rotatable bonds is 4. The van der Waals surface area contributed by atoms with E-state index in [1.807, 2.05) is 25.1 Å². The Morgan fingerprint density at radius 1 is 1.40 bits per heavy atom. The van der Waals surface area contributed by atoms with Crippen LogP contribution >= 0.6 is 0 Å². The number of benzene rings is 1. The van der Waals surface area contributed by atoms with Crippen LogP contribution in [0.2, 0.25) is 0 Å². The summed E-state index contributed by atoms with van der Waals surface area (Å²) < 4.78 is 5.28. The first-order valence-electron chi connectivity index (χ1n) is 7.21. The van der Waals surface area contributed by atoms with Gasteiger partial charge in [-0.15, -0.1) is 0 Å². The number of amides is 1. The number of likely N-dealkylation sites (tertiary alicyclic amines) is 1. The van der Waals surface area contributed by atoms with Gasteiger partial charge in [-0.1, -0.05) is 6.07 Å². The summed E-state index contributed by atoms with van der Waals surface area (Å²) in [5.74, 6) is 1.30. The van der Waals surface area contributed by atoms with Crippen molar-refractivity contribution in [2.75, 3.05) is 32.6 Å². The van der Waals surface area contributed by atoms with Crippen molar-refractivity contribution in [1.82, 2.24) is 4.90 Å². The van der Waals surface area contributed by atoms with Crippen LogP contribution in [0.25, 0.3) is 0 Å². The molecule has 1 aromatic rings. The second-order valence-corrected chi connectivity index (χ2v) is 5.70. The van der Waals surface area contributed by atoms with E-state index < -0.39 is 0 Å². The number of nitrogens with zero attached hydrogens (tertiary/aromatic N) is 1. The lowest BCUT2D eigenvalue weighted by atomic mass is 9.93. The Balaban J connectivity index is 1.92. The fourth-order valence-corrected chi connectivity index (χ4v) is 2.65. The van der Waals surface area contributed by atoms with Gasteiger partial charge in [0.1, 0.15) is 5.75 Å². The zero-order chi connectivity index (χ0) is 14.5. The molecule has 0 unspecified atom stereocenters. The van der Waals surface area contributed by atoms with Gasteiger partial charge in [0.05, 0.1) is 12.8 Å². The summed E-state index contributed by atoms with van der Waals surface area (Å²) in [6, 6.07) is 5.82. The first kappa shape index (κ1) is 14.9. The average molecular weight is 276 g/mol. The molecule has 0 saturated carbocycles. The number of ether oxygens (including phenoxy) is 1. The third-order valence-corrected chi connectivity index (χ3v) is 3.94. The fourth-order valence-electron chi connectivity index (χ4n) is 2.65. The molecule has 20 heavy (non-hydrogen) atoms. The van der Waals surface area contributed by atoms with Gasteiger partial charge in [0.25, 0.3) is 0 Å². The number of hydrogen-bond donors (Lipinski definition) is 1. The maximum absolute atomic E-state index is 12.2. The molecule has 110 valence electrons. The smallest absolute Gasteiger partial charge is 0.224 e. The summed E-state index contributed by atoms with van der Waals surface area (Å²) >= 11 is 0. The number of methoxy groups -OCH3 is 1. The van der Waals surface area contributed by atoms with Crippen LogP contribution in [0.1, 0.15) is 24.8 Å². The van der Waals surface area contributed by atoms with Crippen LogP contribution in [-0.2, 0) is 4.79 Å². The molecule has 1 aliphatic heterocycles. The highest BCUT2D eigenvalue weighted by Crippen LogP contribution is 2.26. The number of aryl methyl sites for hydroxylation is 1. The van der Waals surface area contributed by atoms with Gasteiger partial charge in [-0.2, -0.15) is 0 Å². The van der Waals surface area contributed by atoms with Gasteiger partial charge in [0.2, 0.25) is 5.91 Å². The van der Waals surface area contributed by atoms with Crippen LogP contribution in [0.15, 0.2) is 18.2 Å². The molecule has 0 spiro atoms. The number of hydrogen-bond acceptors (Lipinski definition) is 3. The van der Waals surface area contributed by atoms with Crippen molar-refractivity contribution in [3.63, 3.8) is 0 Å². The van der Waals surface area contributed by atoms with Crippen molar-refractivity contribution in [2.45, 2.75) is 26.2 Å². The molecule has 1 N–H and O–H groups in total. The highest BCUT2D eigenvalue weighted by Gasteiger charge is 2.20. The quantitative estimate of drug-likeness (QED) is 0.919. The molecule has 1 saturated heterocycles. The molecular weight excluding hydrogens is 252 g/mol. The second-order valence-electron chi connectivity index (χ2n) is 5.70. The Morgan fingerprint density at radius 2 is 2.10 bits per heavy atom.